The molecule has 7 heteroatoms. The van der Waals surface area contributed by atoms with Crippen LogP contribution in [0.5, 0.6) is 0 Å². The summed E-state index contributed by atoms with van der Waals surface area (Å²) in [5.41, 5.74) is 8.22. The van der Waals surface area contributed by atoms with Gasteiger partial charge in [0.1, 0.15) is 5.82 Å². The van der Waals surface area contributed by atoms with Gasteiger partial charge in [-0.1, -0.05) is 25.1 Å². The van der Waals surface area contributed by atoms with Crippen LogP contribution in [0.4, 0.5) is 5.82 Å². The van der Waals surface area contributed by atoms with Crippen LogP contribution in [-0.4, -0.2) is 25.0 Å². The van der Waals surface area contributed by atoms with Crippen LogP contribution < -0.4 is 5.73 Å². The molecular formula is C14H13BrN6. The molecule has 2 aromatic heterocycles. The molecule has 0 fully saturated rings. The largest absolute Gasteiger partial charge is 0.383 e. The molecule has 0 radical (unpaired) electrons. The molecule has 1 aromatic carbocycles. The highest BCUT2D eigenvalue weighted by Crippen LogP contribution is 2.24. The highest BCUT2D eigenvalue weighted by molar-refractivity contribution is 9.10. The molecule has 0 unspecified atom stereocenters. The van der Waals surface area contributed by atoms with E-state index in [2.05, 4.69) is 36.1 Å². The number of anilines is 1. The lowest BCUT2D eigenvalue weighted by molar-refractivity contribution is 0.752. The third kappa shape index (κ3) is 2.64. The fourth-order valence-corrected chi connectivity index (χ4v) is 2.37. The highest BCUT2D eigenvalue weighted by atomic mass is 79.9. The van der Waals surface area contributed by atoms with Gasteiger partial charge in [0.2, 0.25) is 0 Å². The van der Waals surface area contributed by atoms with Crippen molar-refractivity contribution in [2.45, 2.75) is 13.3 Å². The Morgan fingerprint density at radius 1 is 1.19 bits per heavy atom. The second-order valence-corrected chi connectivity index (χ2v) is 5.19. The molecule has 0 amide bonds. The van der Waals surface area contributed by atoms with E-state index in [9.17, 15) is 0 Å². The van der Waals surface area contributed by atoms with Crippen LogP contribution in [0, 0.1) is 0 Å². The molecule has 0 saturated carbocycles. The monoisotopic (exact) mass is 344 g/mol. The van der Waals surface area contributed by atoms with E-state index in [1.807, 2.05) is 37.3 Å². The Balaban J connectivity index is 2.03. The molecule has 2 N–H and O–H groups in total. The van der Waals surface area contributed by atoms with Crippen molar-refractivity contribution in [3.05, 3.63) is 46.7 Å². The van der Waals surface area contributed by atoms with E-state index in [1.54, 1.807) is 11.0 Å². The fourth-order valence-electron chi connectivity index (χ4n) is 1.91. The number of aromatic nitrogens is 5. The highest BCUT2D eigenvalue weighted by Gasteiger charge is 2.13. The van der Waals surface area contributed by atoms with Crippen molar-refractivity contribution >= 4 is 21.7 Å². The van der Waals surface area contributed by atoms with E-state index >= 15 is 0 Å². The zero-order valence-electron chi connectivity index (χ0n) is 11.4. The number of nitrogens with two attached hydrogens (primary N) is 1. The summed E-state index contributed by atoms with van der Waals surface area (Å²) < 4.78 is 0.740. The lowest BCUT2D eigenvalue weighted by Gasteiger charge is -2.05. The third-order valence-electron chi connectivity index (χ3n) is 2.99. The first-order valence-corrected chi connectivity index (χ1v) is 7.28. The molecule has 2 heterocycles. The zero-order chi connectivity index (χ0) is 14.8. The second-order valence-electron chi connectivity index (χ2n) is 4.40. The van der Waals surface area contributed by atoms with Crippen molar-refractivity contribution in [3.63, 3.8) is 0 Å². The van der Waals surface area contributed by atoms with E-state index in [0.717, 1.165) is 22.3 Å². The standard InChI is InChI=1S/C14H13BrN6/c1-2-10-12(15)13(16)19-14(18-10)11-8-17-21(20-11)9-6-4-3-5-7-9/h3-8H,2H2,1H3,(H2,16,18,19). The van der Waals surface area contributed by atoms with Crippen molar-refractivity contribution in [3.8, 4) is 17.2 Å². The minimum Gasteiger partial charge on any atom is -0.383 e. The smallest absolute Gasteiger partial charge is 0.184 e. The number of halogens is 1. The molecule has 0 aliphatic heterocycles. The van der Waals surface area contributed by atoms with Gasteiger partial charge in [-0.05, 0) is 34.5 Å². The van der Waals surface area contributed by atoms with Crippen LogP contribution in [0.1, 0.15) is 12.6 Å². The number of para-hydroxylation sites is 1. The maximum atomic E-state index is 5.90. The molecule has 0 bridgehead atoms. The van der Waals surface area contributed by atoms with Crippen molar-refractivity contribution in [1.29, 1.82) is 0 Å². The minimum atomic E-state index is 0.408. The molecule has 3 rings (SSSR count). The summed E-state index contributed by atoms with van der Waals surface area (Å²) in [7, 11) is 0. The van der Waals surface area contributed by atoms with Crippen LogP contribution >= 0.6 is 15.9 Å². The number of rotatable bonds is 3. The van der Waals surface area contributed by atoms with E-state index in [0.29, 0.717) is 17.3 Å². The summed E-state index contributed by atoms with van der Waals surface area (Å²) in [5.74, 6) is 0.890. The summed E-state index contributed by atoms with van der Waals surface area (Å²) in [6, 6.07) is 9.67. The average Bonchev–Trinajstić information content (AvgIpc) is 3.00. The van der Waals surface area contributed by atoms with Crippen LogP contribution in [0.3, 0.4) is 0 Å². The molecule has 3 aromatic rings. The molecule has 0 aliphatic carbocycles. The van der Waals surface area contributed by atoms with Crippen molar-refractivity contribution in [2.75, 3.05) is 5.73 Å². The summed E-state index contributed by atoms with van der Waals surface area (Å²) in [5, 5.41) is 8.65. The SMILES string of the molecule is CCc1nc(-c2cnn(-c3ccccc3)n2)nc(N)c1Br. The van der Waals surface area contributed by atoms with Gasteiger partial charge in [0, 0.05) is 0 Å². The van der Waals surface area contributed by atoms with Gasteiger partial charge in [0.25, 0.3) is 0 Å². The summed E-state index contributed by atoms with van der Waals surface area (Å²) in [4.78, 5) is 10.3. The molecule has 21 heavy (non-hydrogen) atoms. The Labute approximate surface area is 130 Å². The average molecular weight is 345 g/mol. The Hall–Kier alpha value is -2.28. The Kier molecular flexibility index (Phi) is 3.66. The van der Waals surface area contributed by atoms with Crippen molar-refractivity contribution < 1.29 is 0 Å². The number of nitrogen functional groups attached to an aromatic ring is 1. The predicted molar refractivity (Wildman–Crippen MR) is 83.9 cm³/mol. The minimum absolute atomic E-state index is 0.408. The normalized spacial score (nSPS) is 10.8. The van der Waals surface area contributed by atoms with Gasteiger partial charge in [-0.15, -0.1) is 5.10 Å². The molecule has 0 atom stereocenters. The van der Waals surface area contributed by atoms with Crippen molar-refractivity contribution in [2.24, 2.45) is 0 Å². The van der Waals surface area contributed by atoms with E-state index in [1.165, 1.54) is 0 Å². The van der Waals surface area contributed by atoms with Gasteiger partial charge in [0.05, 0.1) is 22.1 Å². The summed E-state index contributed by atoms with van der Waals surface area (Å²) in [6.45, 7) is 2.01. The first-order valence-electron chi connectivity index (χ1n) is 6.49. The molecule has 0 spiro atoms. The van der Waals surface area contributed by atoms with E-state index in [4.69, 9.17) is 5.73 Å². The van der Waals surface area contributed by atoms with Gasteiger partial charge < -0.3 is 5.73 Å². The molecule has 0 aliphatic rings. The van der Waals surface area contributed by atoms with Gasteiger partial charge in [-0.3, -0.25) is 0 Å². The van der Waals surface area contributed by atoms with Crippen LogP contribution in [0.25, 0.3) is 17.2 Å². The van der Waals surface area contributed by atoms with E-state index in [-0.39, 0.29) is 0 Å². The fraction of sp³-hybridized carbons (Fsp3) is 0.143. The maximum Gasteiger partial charge on any atom is 0.184 e. The topological polar surface area (TPSA) is 82.5 Å². The quantitative estimate of drug-likeness (QED) is 0.789. The van der Waals surface area contributed by atoms with Gasteiger partial charge in [-0.25, -0.2) is 9.97 Å². The molecule has 0 saturated heterocycles. The molecule has 106 valence electrons. The van der Waals surface area contributed by atoms with Crippen LogP contribution in [0.15, 0.2) is 41.0 Å². The summed E-state index contributed by atoms with van der Waals surface area (Å²) in [6.07, 6.45) is 2.39. The number of hydrogen-bond donors (Lipinski definition) is 1. The lowest BCUT2D eigenvalue weighted by atomic mass is 10.3. The van der Waals surface area contributed by atoms with Gasteiger partial charge in [0.15, 0.2) is 11.5 Å². The number of aryl methyl sites for hydroxylation is 1. The number of nitrogens with zero attached hydrogens (tertiary/aromatic N) is 5. The molecule has 6 nitrogen and oxygen atoms in total. The third-order valence-corrected chi connectivity index (χ3v) is 3.85. The predicted octanol–water partition coefficient (Wildman–Crippen LogP) is 2.63. The van der Waals surface area contributed by atoms with Gasteiger partial charge >= 0.3 is 0 Å². The van der Waals surface area contributed by atoms with Gasteiger partial charge in [-0.2, -0.15) is 9.90 Å². The first kappa shape index (κ1) is 13.7. The Morgan fingerprint density at radius 2 is 1.95 bits per heavy atom. The molecular weight excluding hydrogens is 332 g/mol. The Bertz CT molecular complexity index is 768. The summed E-state index contributed by atoms with van der Waals surface area (Å²) >= 11 is 3.40. The zero-order valence-corrected chi connectivity index (χ0v) is 12.9. The lowest BCUT2D eigenvalue weighted by Crippen LogP contribution is -2.03. The van der Waals surface area contributed by atoms with E-state index < -0.39 is 0 Å². The van der Waals surface area contributed by atoms with Crippen LogP contribution in [-0.2, 0) is 6.42 Å². The van der Waals surface area contributed by atoms with Crippen LogP contribution in [0.2, 0.25) is 0 Å². The Morgan fingerprint density at radius 3 is 2.67 bits per heavy atom. The first-order chi connectivity index (χ1) is 10.2. The number of benzene rings is 1. The van der Waals surface area contributed by atoms with Crippen molar-refractivity contribution in [1.82, 2.24) is 25.0 Å². The maximum absolute atomic E-state index is 5.90. The second kappa shape index (κ2) is 5.61. The number of hydrogen-bond acceptors (Lipinski definition) is 5.